The highest BCUT2D eigenvalue weighted by Gasteiger charge is 2.23. The van der Waals surface area contributed by atoms with E-state index in [2.05, 4.69) is 83.5 Å². The molecule has 0 aromatic carbocycles. The molecule has 0 amide bonds. The molecule has 0 saturated heterocycles. The molecule has 1 aromatic heterocycles. The van der Waals surface area contributed by atoms with Gasteiger partial charge in [-0.3, -0.25) is 4.99 Å². The van der Waals surface area contributed by atoms with Crippen molar-refractivity contribution in [1.29, 1.82) is 0 Å². The van der Waals surface area contributed by atoms with Crippen LogP contribution >= 0.6 is 0 Å². The molecule has 6 heteroatoms. The minimum Gasteiger partial charge on any atom is -0.364 e. The lowest BCUT2D eigenvalue weighted by molar-refractivity contribution is 0.502. The highest BCUT2D eigenvalue weighted by molar-refractivity contribution is 5.69. The highest BCUT2D eigenvalue weighted by Crippen LogP contribution is 2.26. The molecule has 4 heterocycles. The first kappa shape index (κ1) is 25.3. The lowest BCUT2D eigenvalue weighted by atomic mass is 9.93. The van der Waals surface area contributed by atoms with E-state index in [4.69, 9.17) is 9.98 Å². The summed E-state index contributed by atoms with van der Waals surface area (Å²) >= 11 is 0. The van der Waals surface area contributed by atoms with Crippen molar-refractivity contribution < 1.29 is 0 Å². The lowest BCUT2D eigenvalue weighted by Gasteiger charge is -2.30. The van der Waals surface area contributed by atoms with Crippen LogP contribution in [0, 0.1) is 5.92 Å². The molecule has 1 aromatic rings. The number of fused-ring (bicyclic) bond motifs is 1. The third kappa shape index (κ3) is 6.45. The van der Waals surface area contributed by atoms with Gasteiger partial charge in [0.05, 0.1) is 22.4 Å². The second-order valence-corrected chi connectivity index (χ2v) is 9.64. The van der Waals surface area contributed by atoms with E-state index in [0.29, 0.717) is 6.04 Å². The van der Waals surface area contributed by atoms with Gasteiger partial charge in [0.25, 0.3) is 0 Å². The second kappa shape index (κ2) is 12.2. The Morgan fingerprint density at radius 3 is 2.91 bits per heavy atom. The van der Waals surface area contributed by atoms with E-state index in [1.54, 1.807) is 0 Å². The van der Waals surface area contributed by atoms with Crippen molar-refractivity contribution in [3.05, 3.63) is 82.5 Å². The predicted molar refractivity (Wildman–Crippen MR) is 146 cm³/mol. The maximum absolute atomic E-state index is 5.13. The Kier molecular flexibility index (Phi) is 8.85. The Balaban J connectivity index is 1.63. The molecule has 3 aliphatic rings. The second-order valence-electron chi connectivity index (χ2n) is 9.64. The highest BCUT2D eigenvalue weighted by atomic mass is 15.0. The number of nitrogens with zero attached hydrogens (tertiary/aromatic N) is 2. The quantitative estimate of drug-likeness (QED) is 0.239. The normalized spacial score (nSPS) is 23.9. The third-order valence-corrected chi connectivity index (χ3v) is 6.81. The third-order valence-electron chi connectivity index (χ3n) is 6.81. The van der Waals surface area contributed by atoms with Crippen molar-refractivity contribution in [1.82, 2.24) is 26.3 Å². The molecule has 0 saturated carbocycles. The van der Waals surface area contributed by atoms with Gasteiger partial charge >= 0.3 is 0 Å². The van der Waals surface area contributed by atoms with E-state index in [1.165, 1.54) is 22.4 Å². The summed E-state index contributed by atoms with van der Waals surface area (Å²) < 4.78 is 0. The van der Waals surface area contributed by atoms with Crippen LogP contribution in [-0.2, 0) is 0 Å². The Morgan fingerprint density at radius 1 is 1.23 bits per heavy atom. The molecule has 4 rings (SSSR count). The molecule has 3 unspecified atom stereocenters. The molecular weight excluding hydrogens is 432 g/mol. The molecule has 0 radical (unpaired) electrons. The van der Waals surface area contributed by atoms with E-state index in [9.17, 15) is 0 Å². The Labute approximate surface area is 209 Å². The van der Waals surface area contributed by atoms with Gasteiger partial charge in [-0.15, -0.1) is 0 Å². The number of hydrogen-bond acceptors (Lipinski definition) is 6. The van der Waals surface area contributed by atoms with Crippen molar-refractivity contribution in [2.45, 2.75) is 44.7 Å². The molecule has 0 fully saturated rings. The number of likely N-dealkylation sites (N-methyl/N-ethyl adjacent to an activating group) is 1. The minimum atomic E-state index is 0.225. The van der Waals surface area contributed by atoms with Crippen LogP contribution in [0.5, 0.6) is 0 Å². The predicted octanol–water partition coefficient (Wildman–Crippen LogP) is 2.34. The fourth-order valence-corrected chi connectivity index (χ4v) is 5.01. The van der Waals surface area contributed by atoms with Gasteiger partial charge in [0.15, 0.2) is 0 Å². The largest absolute Gasteiger partial charge is 0.364 e. The number of aromatic nitrogens is 1. The summed E-state index contributed by atoms with van der Waals surface area (Å²) in [7, 11) is 3.99. The number of hydrogen-bond donors (Lipinski definition) is 4. The van der Waals surface area contributed by atoms with Crippen molar-refractivity contribution in [2.75, 3.05) is 33.7 Å². The molecule has 186 valence electrons. The van der Waals surface area contributed by atoms with E-state index in [0.717, 1.165) is 61.7 Å². The fourth-order valence-electron chi connectivity index (χ4n) is 5.01. The van der Waals surface area contributed by atoms with Gasteiger partial charge in [0.2, 0.25) is 0 Å². The van der Waals surface area contributed by atoms with Gasteiger partial charge in [-0.25, -0.2) is 4.98 Å². The zero-order valence-corrected chi connectivity index (χ0v) is 21.4. The minimum absolute atomic E-state index is 0.225. The number of nitrogens with one attached hydrogen (secondary N) is 4. The molecule has 3 aliphatic heterocycles. The van der Waals surface area contributed by atoms with Crippen LogP contribution in [0.3, 0.4) is 0 Å². The number of allylic oxidation sites excluding steroid dienone is 4. The lowest BCUT2D eigenvalue weighted by Crippen LogP contribution is -2.43. The molecule has 4 N–H and O–H groups in total. The number of rotatable bonds is 10. The van der Waals surface area contributed by atoms with Crippen LogP contribution in [0.4, 0.5) is 0 Å². The standard InChI is InChI=1S/C29H40N6/c1-20(8-6-14-30-3)16-22(18-31-4)23-17-28-26(33-19-23)13-12-25(35-28)24-10-7-15-32-29(24)27-11-5-9-21(2)34-27/h5,7,9,12-13,15-17,21,23,27,30-32,34H,1,6,8,10-11,14,18-19H2,2-4H3/b22-16+. The van der Waals surface area contributed by atoms with Crippen molar-refractivity contribution in [3.8, 4) is 0 Å². The maximum atomic E-state index is 5.13. The molecular formula is C29H40N6. The van der Waals surface area contributed by atoms with Crippen molar-refractivity contribution in [2.24, 2.45) is 10.9 Å². The number of pyridine rings is 1. The first-order valence-electron chi connectivity index (χ1n) is 12.9. The molecule has 0 aliphatic carbocycles. The summed E-state index contributed by atoms with van der Waals surface area (Å²) in [6.07, 6.45) is 17.2. The van der Waals surface area contributed by atoms with Gasteiger partial charge in [-0.1, -0.05) is 36.5 Å². The van der Waals surface area contributed by atoms with Gasteiger partial charge in [0.1, 0.15) is 0 Å². The maximum Gasteiger partial charge on any atom is 0.0856 e. The first-order valence-corrected chi connectivity index (χ1v) is 12.9. The smallest absolute Gasteiger partial charge is 0.0856 e. The summed E-state index contributed by atoms with van der Waals surface area (Å²) in [4.78, 5) is 10.0. The topological polar surface area (TPSA) is 73.4 Å². The molecule has 0 spiro atoms. The van der Waals surface area contributed by atoms with Crippen LogP contribution in [0.15, 0.2) is 71.1 Å². The van der Waals surface area contributed by atoms with E-state index >= 15 is 0 Å². The van der Waals surface area contributed by atoms with E-state index < -0.39 is 0 Å². The van der Waals surface area contributed by atoms with Gasteiger partial charge in [-0.05, 0) is 83.2 Å². The summed E-state index contributed by atoms with van der Waals surface area (Å²) in [6.45, 7) is 9.07. The molecule has 6 nitrogen and oxygen atoms in total. The van der Waals surface area contributed by atoms with Gasteiger partial charge in [0, 0.05) is 36.3 Å². The summed E-state index contributed by atoms with van der Waals surface area (Å²) in [5.41, 5.74) is 6.01. The average molecular weight is 473 g/mol. The SMILES string of the molecule is C=C(/C=C(\CNC)C1C=c2nc(C3=C(C4CC=CC(C)N4)NC=CC3)ccc2=NC1)CCCNC. The van der Waals surface area contributed by atoms with Crippen LogP contribution in [-0.4, -0.2) is 50.8 Å². The Morgan fingerprint density at radius 2 is 2.11 bits per heavy atom. The summed E-state index contributed by atoms with van der Waals surface area (Å²) in [5.74, 6) is 0.225. The zero-order chi connectivity index (χ0) is 24.6. The summed E-state index contributed by atoms with van der Waals surface area (Å²) in [6, 6.07) is 4.89. The van der Waals surface area contributed by atoms with Crippen LogP contribution in [0.2, 0.25) is 0 Å². The number of dihydropyridines is 1. The Hall–Kier alpha value is -2.80. The average Bonchev–Trinajstić information content (AvgIpc) is 2.88. The van der Waals surface area contributed by atoms with Crippen LogP contribution in [0.25, 0.3) is 11.6 Å². The Bertz CT molecular complexity index is 1160. The van der Waals surface area contributed by atoms with Crippen LogP contribution in [0.1, 0.15) is 38.3 Å². The van der Waals surface area contributed by atoms with Gasteiger partial charge < -0.3 is 21.3 Å². The molecule has 0 bridgehead atoms. The van der Waals surface area contributed by atoms with Crippen molar-refractivity contribution >= 4 is 11.6 Å². The summed E-state index contributed by atoms with van der Waals surface area (Å²) in [5, 5.41) is 15.7. The monoisotopic (exact) mass is 472 g/mol. The van der Waals surface area contributed by atoms with Crippen molar-refractivity contribution in [3.63, 3.8) is 0 Å². The van der Waals surface area contributed by atoms with Crippen LogP contribution < -0.4 is 32.0 Å². The zero-order valence-electron chi connectivity index (χ0n) is 21.4. The molecule has 35 heavy (non-hydrogen) atoms. The molecule has 3 atom stereocenters. The van der Waals surface area contributed by atoms with E-state index in [-0.39, 0.29) is 12.0 Å². The first-order chi connectivity index (χ1) is 17.1. The van der Waals surface area contributed by atoms with Gasteiger partial charge in [-0.2, -0.15) is 0 Å². The van der Waals surface area contributed by atoms with E-state index in [1.807, 2.05) is 14.1 Å². The fraction of sp³-hybridized carbons (Fsp3) is 0.448.